The van der Waals surface area contributed by atoms with Gasteiger partial charge in [0.1, 0.15) is 0 Å². The summed E-state index contributed by atoms with van der Waals surface area (Å²) in [5.41, 5.74) is 6.80. The summed E-state index contributed by atoms with van der Waals surface area (Å²) in [4.78, 5) is 13.2. The second kappa shape index (κ2) is 5.54. The molecule has 0 aliphatic carbocycles. The molecule has 3 N–H and O–H groups in total. The molecule has 0 saturated carbocycles. The van der Waals surface area contributed by atoms with Crippen molar-refractivity contribution in [2.75, 3.05) is 5.73 Å². The molecule has 2 aromatic rings. The van der Waals surface area contributed by atoms with Crippen molar-refractivity contribution < 1.29 is 4.79 Å². The second-order valence-electron chi connectivity index (χ2n) is 3.94. The SMILES string of the molecule is C[C@@H](NC(=O)c1ccc(Br)cc1N)c1cccs1. The van der Waals surface area contributed by atoms with Crippen LogP contribution in [0.15, 0.2) is 40.2 Å². The molecule has 0 aliphatic rings. The highest BCUT2D eigenvalue weighted by Gasteiger charge is 2.14. The van der Waals surface area contributed by atoms with Gasteiger partial charge in [0.15, 0.2) is 0 Å². The number of hydrogen-bond acceptors (Lipinski definition) is 3. The Hall–Kier alpha value is -1.33. The van der Waals surface area contributed by atoms with Gasteiger partial charge >= 0.3 is 0 Å². The minimum absolute atomic E-state index is 0.0134. The molecule has 0 fully saturated rings. The van der Waals surface area contributed by atoms with Gasteiger partial charge in [-0.15, -0.1) is 11.3 Å². The van der Waals surface area contributed by atoms with Crippen LogP contribution in [0.5, 0.6) is 0 Å². The van der Waals surface area contributed by atoms with Gasteiger partial charge in [-0.2, -0.15) is 0 Å². The Morgan fingerprint density at radius 2 is 2.22 bits per heavy atom. The van der Waals surface area contributed by atoms with E-state index in [-0.39, 0.29) is 11.9 Å². The number of halogens is 1. The lowest BCUT2D eigenvalue weighted by Gasteiger charge is -2.13. The summed E-state index contributed by atoms with van der Waals surface area (Å²) in [7, 11) is 0. The van der Waals surface area contributed by atoms with Gasteiger partial charge in [-0.1, -0.05) is 22.0 Å². The van der Waals surface area contributed by atoms with Crippen molar-refractivity contribution in [1.29, 1.82) is 0 Å². The highest BCUT2D eigenvalue weighted by molar-refractivity contribution is 9.10. The second-order valence-corrected chi connectivity index (χ2v) is 5.84. The Morgan fingerprint density at radius 3 is 2.83 bits per heavy atom. The molecule has 0 bridgehead atoms. The van der Waals surface area contributed by atoms with E-state index in [1.807, 2.05) is 24.4 Å². The number of carbonyl (C=O) groups is 1. The zero-order valence-corrected chi connectivity index (χ0v) is 12.2. The number of nitrogen functional groups attached to an aromatic ring is 1. The molecular formula is C13H13BrN2OS. The van der Waals surface area contributed by atoms with E-state index in [0.29, 0.717) is 11.3 Å². The maximum Gasteiger partial charge on any atom is 0.253 e. The van der Waals surface area contributed by atoms with Crippen LogP contribution in [0.2, 0.25) is 0 Å². The predicted octanol–water partition coefficient (Wildman–Crippen LogP) is 3.58. The Balaban J connectivity index is 2.12. The van der Waals surface area contributed by atoms with E-state index in [1.165, 1.54) is 0 Å². The van der Waals surface area contributed by atoms with E-state index < -0.39 is 0 Å². The van der Waals surface area contributed by atoms with E-state index in [4.69, 9.17) is 5.73 Å². The monoisotopic (exact) mass is 324 g/mol. The van der Waals surface area contributed by atoms with Gasteiger partial charge in [-0.25, -0.2) is 0 Å². The standard InChI is InChI=1S/C13H13BrN2OS/c1-8(12-3-2-6-18-12)16-13(17)10-5-4-9(14)7-11(10)15/h2-8H,15H2,1H3,(H,16,17)/t8-/m1/s1. The summed E-state index contributed by atoms with van der Waals surface area (Å²) in [6, 6.07) is 9.21. The van der Waals surface area contributed by atoms with Crippen molar-refractivity contribution in [2.24, 2.45) is 0 Å². The van der Waals surface area contributed by atoms with Crippen LogP contribution in [0.1, 0.15) is 28.2 Å². The van der Waals surface area contributed by atoms with E-state index >= 15 is 0 Å². The first-order valence-electron chi connectivity index (χ1n) is 5.47. The molecule has 0 spiro atoms. The van der Waals surface area contributed by atoms with Crippen LogP contribution < -0.4 is 11.1 Å². The maximum atomic E-state index is 12.1. The van der Waals surface area contributed by atoms with Crippen molar-refractivity contribution >= 4 is 38.9 Å². The number of rotatable bonds is 3. The van der Waals surface area contributed by atoms with E-state index in [0.717, 1.165) is 9.35 Å². The van der Waals surface area contributed by atoms with Gasteiger partial charge in [-0.3, -0.25) is 4.79 Å². The van der Waals surface area contributed by atoms with Crippen molar-refractivity contribution in [3.63, 3.8) is 0 Å². The minimum Gasteiger partial charge on any atom is -0.398 e. The molecule has 18 heavy (non-hydrogen) atoms. The Kier molecular flexibility index (Phi) is 4.04. The zero-order chi connectivity index (χ0) is 13.1. The molecule has 1 heterocycles. The summed E-state index contributed by atoms with van der Waals surface area (Å²) in [5, 5.41) is 4.93. The first kappa shape index (κ1) is 13.1. The molecule has 0 radical (unpaired) electrons. The highest BCUT2D eigenvalue weighted by Crippen LogP contribution is 2.21. The number of hydrogen-bond donors (Lipinski definition) is 2. The third kappa shape index (κ3) is 2.91. The normalized spacial score (nSPS) is 12.1. The van der Waals surface area contributed by atoms with Gasteiger partial charge in [-0.05, 0) is 36.6 Å². The fourth-order valence-corrected chi connectivity index (χ4v) is 2.74. The summed E-state index contributed by atoms with van der Waals surface area (Å²) < 4.78 is 0.864. The Morgan fingerprint density at radius 1 is 1.44 bits per heavy atom. The fraction of sp³-hybridized carbons (Fsp3) is 0.154. The highest BCUT2D eigenvalue weighted by atomic mass is 79.9. The van der Waals surface area contributed by atoms with Crippen molar-refractivity contribution in [2.45, 2.75) is 13.0 Å². The van der Waals surface area contributed by atoms with Gasteiger partial charge in [0.2, 0.25) is 0 Å². The molecule has 94 valence electrons. The first-order chi connectivity index (χ1) is 8.58. The van der Waals surface area contributed by atoms with Crippen LogP contribution in [-0.4, -0.2) is 5.91 Å². The topological polar surface area (TPSA) is 55.1 Å². The Bertz CT molecular complexity index is 554. The average molecular weight is 325 g/mol. The molecule has 2 rings (SSSR count). The minimum atomic E-state index is -0.152. The summed E-state index contributed by atoms with van der Waals surface area (Å²) in [6.45, 7) is 1.96. The number of thiophene rings is 1. The van der Waals surface area contributed by atoms with E-state index in [1.54, 1.807) is 29.5 Å². The molecule has 1 aromatic heterocycles. The molecular weight excluding hydrogens is 312 g/mol. The molecule has 1 aromatic carbocycles. The fourth-order valence-electron chi connectivity index (χ4n) is 1.62. The number of carbonyl (C=O) groups excluding carboxylic acids is 1. The lowest BCUT2D eigenvalue weighted by molar-refractivity contribution is 0.0941. The molecule has 0 aliphatic heterocycles. The van der Waals surface area contributed by atoms with Crippen LogP contribution in [0.4, 0.5) is 5.69 Å². The van der Waals surface area contributed by atoms with Crippen molar-refractivity contribution in [3.05, 3.63) is 50.6 Å². The summed E-state index contributed by atoms with van der Waals surface area (Å²) in [6.07, 6.45) is 0. The van der Waals surface area contributed by atoms with Gasteiger partial charge in [0.05, 0.1) is 11.6 Å². The molecule has 0 saturated heterocycles. The average Bonchev–Trinajstić information content (AvgIpc) is 2.81. The lowest BCUT2D eigenvalue weighted by atomic mass is 10.1. The molecule has 0 unspecified atom stereocenters. The quantitative estimate of drug-likeness (QED) is 0.848. The molecule has 5 heteroatoms. The molecule has 1 atom stereocenters. The number of nitrogens with two attached hydrogens (primary N) is 1. The number of benzene rings is 1. The van der Waals surface area contributed by atoms with E-state index in [9.17, 15) is 4.79 Å². The third-order valence-electron chi connectivity index (χ3n) is 2.58. The maximum absolute atomic E-state index is 12.1. The van der Waals surface area contributed by atoms with Crippen LogP contribution in [-0.2, 0) is 0 Å². The van der Waals surface area contributed by atoms with E-state index in [2.05, 4.69) is 21.2 Å². The number of nitrogens with one attached hydrogen (secondary N) is 1. The first-order valence-corrected chi connectivity index (χ1v) is 7.14. The van der Waals surface area contributed by atoms with Crippen molar-refractivity contribution in [3.8, 4) is 0 Å². The van der Waals surface area contributed by atoms with Gasteiger partial charge in [0, 0.05) is 15.0 Å². The lowest BCUT2D eigenvalue weighted by Crippen LogP contribution is -2.26. The number of amides is 1. The van der Waals surface area contributed by atoms with Crippen LogP contribution in [0.3, 0.4) is 0 Å². The molecule has 3 nitrogen and oxygen atoms in total. The predicted molar refractivity (Wildman–Crippen MR) is 78.8 cm³/mol. The summed E-state index contributed by atoms with van der Waals surface area (Å²) in [5.74, 6) is -0.152. The third-order valence-corrected chi connectivity index (χ3v) is 4.12. The number of anilines is 1. The summed E-state index contributed by atoms with van der Waals surface area (Å²) >= 11 is 4.94. The Labute approximate surface area is 118 Å². The van der Waals surface area contributed by atoms with Gasteiger partial charge < -0.3 is 11.1 Å². The van der Waals surface area contributed by atoms with Gasteiger partial charge in [0.25, 0.3) is 5.91 Å². The largest absolute Gasteiger partial charge is 0.398 e. The van der Waals surface area contributed by atoms with Crippen LogP contribution >= 0.6 is 27.3 Å². The zero-order valence-electron chi connectivity index (χ0n) is 9.81. The van der Waals surface area contributed by atoms with Crippen molar-refractivity contribution in [1.82, 2.24) is 5.32 Å². The van der Waals surface area contributed by atoms with Crippen LogP contribution in [0.25, 0.3) is 0 Å². The van der Waals surface area contributed by atoms with Crippen LogP contribution in [0, 0.1) is 0 Å². The molecule has 1 amide bonds. The smallest absolute Gasteiger partial charge is 0.253 e.